The third-order valence-corrected chi connectivity index (χ3v) is 4.01. The molecule has 0 spiro atoms. The zero-order chi connectivity index (χ0) is 17.6. The summed E-state index contributed by atoms with van der Waals surface area (Å²) >= 11 is 5.88. The Hall–Kier alpha value is -2.85. The largest absolute Gasteiger partial charge is 0.340 e. The maximum absolute atomic E-state index is 12.7. The van der Waals surface area contributed by atoms with E-state index in [9.17, 15) is 4.79 Å². The molecular formula is C20H18ClN3O. The minimum atomic E-state index is -0.0701. The summed E-state index contributed by atoms with van der Waals surface area (Å²) in [4.78, 5) is 18.8. The number of pyridine rings is 1. The average Bonchev–Trinajstić information content (AvgIpc) is 2.66. The van der Waals surface area contributed by atoms with Gasteiger partial charge in [0.05, 0.1) is 5.56 Å². The van der Waals surface area contributed by atoms with Gasteiger partial charge in [0, 0.05) is 29.1 Å². The molecule has 1 heterocycles. The number of para-hydroxylation sites is 1. The predicted molar refractivity (Wildman–Crippen MR) is 103 cm³/mol. The first-order valence-electron chi connectivity index (χ1n) is 8.03. The molecule has 0 saturated carbocycles. The lowest BCUT2D eigenvalue weighted by molar-refractivity contribution is 0.0988. The van der Waals surface area contributed by atoms with E-state index < -0.39 is 0 Å². The molecule has 0 unspecified atom stereocenters. The molecule has 4 nitrogen and oxygen atoms in total. The van der Waals surface area contributed by atoms with Crippen LogP contribution in [0.2, 0.25) is 5.02 Å². The molecule has 2 aromatic carbocycles. The van der Waals surface area contributed by atoms with Gasteiger partial charge in [0.25, 0.3) is 5.91 Å². The van der Waals surface area contributed by atoms with Crippen LogP contribution >= 0.6 is 11.6 Å². The third kappa shape index (κ3) is 4.17. The Balaban J connectivity index is 1.74. The number of nitrogens with zero attached hydrogens (tertiary/aromatic N) is 2. The highest BCUT2D eigenvalue weighted by atomic mass is 35.5. The van der Waals surface area contributed by atoms with E-state index in [2.05, 4.69) is 10.3 Å². The number of hydrogen-bond acceptors (Lipinski definition) is 3. The van der Waals surface area contributed by atoms with E-state index >= 15 is 0 Å². The molecule has 0 bridgehead atoms. The van der Waals surface area contributed by atoms with Gasteiger partial charge >= 0.3 is 0 Å². The second-order valence-corrected chi connectivity index (χ2v) is 5.89. The molecule has 0 atom stereocenters. The molecule has 25 heavy (non-hydrogen) atoms. The Labute approximate surface area is 152 Å². The van der Waals surface area contributed by atoms with Crippen molar-refractivity contribution >= 4 is 34.7 Å². The average molecular weight is 352 g/mol. The highest BCUT2D eigenvalue weighted by Gasteiger charge is 2.16. The minimum Gasteiger partial charge on any atom is -0.340 e. The fourth-order valence-corrected chi connectivity index (χ4v) is 2.61. The van der Waals surface area contributed by atoms with Crippen molar-refractivity contribution in [2.45, 2.75) is 6.92 Å². The van der Waals surface area contributed by atoms with Crippen LogP contribution in [-0.2, 0) is 0 Å². The first-order valence-corrected chi connectivity index (χ1v) is 8.40. The van der Waals surface area contributed by atoms with Crippen molar-refractivity contribution in [3.8, 4) is 0 Å². The topological polar surface area (TPSA) is 45.2 Å². The van der Waals surface area contributed by atoms with Crippen molar-refractivity contribution in [1.82, 2.24) is 4.98 Å². The van der Waals surface area contributed by atoms with Gasteiger partial charge in [0.1, 0.15) is 5.82 Å². The number of benzene rings is 2. The van der Waals surface area contributed by atoms with Crippen LogP contribution in [0.1, 0.15) is 17.3 Å². The van der Waals surface area contributed by atoms with Crippen LogP contribution in [0.25, 0.3) is 0 Å². The Morgan fingerprint density at radius 2 is 1.76 bits per heavy atom. The van der Waals surface area contributed by atoms with Crippen LogP contribution in [0.15, 0.2) is 72.9 Å². The number of aromatic nitrogens is 1. The maximum Gasteiger partial charge on any atom is 0.259 e. The Kier molecular flexibility index (Phi) is 5.31. The van der Waals surface area contributed by atoms with Crippen LogP contribution < -0.4 is 10.2 Å². The van der Waals surface area contributed by atoms with Gasteiger partial charge in [-0.1, -0.05) is 29.8 Å². The van der Waals surface area contributed by atoms with Crippen LogP contribution in [-0.4, -0.2) is 17.4 Å². The molecule has 1 N–H and O–H groups in total. The van der Waals surface area contributed by atoms with E-state index in [1.807, 2.05) is 49.4 Å². The molecule has 3 rings (SSSR count). The van der Waals surface area contributed by atoms with E-state index in [-0.39, 0.29) is 5.91 Å². The number of halogens is 1. The molecule has 1 amide bonds. The molecule has 1 aromatic heterocycles. The fourth-order valence-electron chi connectivity index (χ4n) is 2.48. The van der Waals surface area contributed by atoms with Crippen LogP contribution in [0.5, 0.6) is 0 Å². The summed E-state index contributed by atoms with van der Waals surface area (Å²) < 4.78 is 0. The Bertz CT molecular complexity index is 833. The SMILES string of the molecule is CCN(C(=O)c1ccc(Nc2ccc(Cl)cc2)nc1)c1ccccc1. The lowest BCUT2D eigenvalue weighted by atomic mass is 10.2. The summed E-state index contributed by atoms with van der Waals surface area (Å²) in [6, 6.07) is 20.5. The van der Waals surface area contributed by atoms with Crippen LogP contribution in [0, 0.1) is 0 Å². The summed E-state index contributed by atoms with van der Waals surface area (Å²) in [6.45, 7) is 2.54. The summed E-state index contributed by atoms with van der Waals surface area (Å²) in [6.07, 6.45) is 1.59. The molecule has 5 heteroatoms. The van der Waals surface area contributed by atoms with Gasteiger partial charge in [0.2, 0.25) is 0 Å². The first-order chi connectivity index (χ1) is 12.2. The summed E-state index contributed by atoms with van der Waals surface area (Å²) in [5.74, 6) is 0.598. The zero-order valence-corrected chi connectivity index (χ0v) is 14.6. The van der Waals surface area contributed by atoms with E-state index in [1.165, 1.54) is 0 Å². The van der Waals surface area contributed by atoms with E-state index in [4.69, 9.17) is 11.6 Å². The quantitative estimate of drug-likeness (QED) is 0.691. The number of rotatable bonds is 5. The lowest BCUT2D eigenvalue weighted by Crippen LogP contribution is -2.30. The normalized spacial score (nSPS) is 10.3. The number of amides is 1. The van der Waals surface area contributed by atoms with Crippen LogP contribution in [0.3, 0.4) is 0 Å². The maximum atomic E-state index is 12.7. The standard InChI is InChI=1S/C20H18ClN3O/c1-2-24(18-6-4-3-5-7-18)20(25)15-8-13-19(22-14-15)23-17-11-9-16(21)10-12-17/h3-14H,2H2,1H3,(H,22,23). The van der Waals surface area contributed by atoms with Gasteiger partial charge in [-0.15, -0.1) is 0 Å². The molecule has 0 fully saturated rings. The lowest BCUT2D eigenvalue weighted by Gasteiger charge is -2.21. The van der Waals surface area contributed by atoms with Crippen molar-refractivity contribution in [2.75, 3.05) is 16.8 Å². The third-order valence-electron chi connectivity index (χ3n) is 3.76. The molecular weight excluding hydrogens is 334 g/mol. The van der Waals surface area contributed by atoms with Gasteiger partial charge in [-0.3, -0.25) is 4.79 Å². The minimum absolute atomic E-state index is 0.0701. The number of hydrogen-bond donors (Lipinski definition) is 1. The second kappa shape index (κ2) is 7.81. The molecule has 0 aliphatic heterocycles. The van der Waals surface area contributed by atoms with Crippen molar-refractivity contribution in [3.05, 3.63) is 83.5 Å². The van der Waals surface area contributed by atoms with Gasteiger partial charge in [-0.2, -0.15) is 0 Å². The highest BCUT2D eigenvalue weighted by molar-refractivity contribution is 6.30. The molecule has 0 aliphatic carbocycles. The highest BCUT2D eigenvalue weighted by Crippen LogP contribution is 2.19. The van der Waals surface area contributed by atoms with E-state index in [0.29, 0.717) is 22.9 Å². The number of nitrogens with one attached hydrogen (secondary N) is 1. The zero-order valence-electron chi connectivity index (χ0n) is 13.8. The van der Waals surface area contributed by atoms with Crippen molar-refractivity contribution in [1.29, 1.82) is 0 Å². The van der Waals surface area contributed by atoms with Gasteiger partial charge in [-0.05, 0) is 55.5 Å². The first kappa shape index (κ1) is 17.0. The number of carbonyl (C=O) groups is 1. The van der Waals surface area contributed by atoms with Gasteiger partial charge < -0.3 is 10.2 Å². The fraction of sp³-hybridized carbons (Fsp3) is 0.100. The second-order valence-electron chi connectivity index (χ2n) is 5.45. The van der Waals surface area contributed by atoms with E-state index in [1.54, 1.807) is 35.4 Å². The summed E-state index contributed by atoms with van der Waals surface area (Å²) in [5, 5.41) is 3.86. The summed E-state index contributed by atoms with van der Waals surface area (Å²) in [7, 11) is 0. The smallest absolute Gasteiger partial charge is 0.259 e. The van der Waals surface area contributed by atoms with Gasteiger partial charge in [0.15, 0.2) is 0 Å². The summed E-state index contributed by atoms with van der Waals surface area (Å²) in [5.41, 5.74) is 2.31. The monoisotopic (exact) mass is 351 g/mol. The van der Waals surface area contributed by atoms with Crippen molar-refractivity contribution < 1.29 is 4.79 Å². The predicted octanol–water partition coefficient (Wildman–Crippen LogP) is 5.15. The van der Waals surface area contributed by atoms with Crippen molar-refractivity contribution in [2.24, 2.45) is 0 Å². The Morgan fingerprint density at radius 3 is 2.36 bits per heavy atom. The van der Waals surface area contributed by atoms with E-state index in [0.717, 1.165) is 11.4 Å². The Morgan fingerprint density at radius 1 is 1.04 bits per heavy atom. The molecule has 3 aromatic rings. The molecule has 0 radical (unpaired) electrons. The van der Waals surface area contributed by atoms with Crippen LogP contribution in [0.4, 0.5) is 17.2 Å². The molecule has 126 valence electrons. The van der Waals surface area contributed by atoms with Gasteiger partial charge in [-0.25, -0.2) is 4.98 Å². The van der Waals surface area contributed by atoms with Crippen molar-refractivity contribution in [3.63, 3.8) is 0 Å². The molecule has 0 aliphatic rings. The number of anilines is 3. The number of carbonyl (C=O) groups excluding carboxylic acids is 1. The molecule has 0 saturated heterocycles.